The summed E-state index contributed by atoms with van der Waals surface area (Å²) in [5, 5.41) is 9.98. The number of rotatable bonds is 4. The average molecular weight is 292 g/mol. The van der Waals surface area contributed by atoms with Gasteiger partial charge in [-0.05, 0) is 57.0 Å². The van der Waals surface area contributed by atoms with Gasteiger partial charge < -0.3 is 14.7 Å². The van der Waals surface area contributed by atoms with Crippen molar-refractivity contribution in [3.8, 4) is 11.5 Å². The number of nitrogens with zero attached hydrogens (tertiary/aromatic N) is 2. The van der Waals surface area contributed by atoms with E-state index in [1.165, 1.54) is 0 Å². The number of phenols is 1. The molecule has 1 heterocycles. The van der Waals surface area contributed by atoms with Crippen LogP contribution in [0.4, 0.5) is 0 Å². The number of aromatic hydroxyl groups is 1. The van der Waals surface area contributed by atoms with E-state index in [4.69, 9.17) is 4.74 Å². The normalized spacial score (nSPS) is 18.7. The second kappa shape index (κ2) is 6.67. The smallest absolute Gasteiger partial charge is 0.149 e. The minimum atomic E-state index is 0.0612. The summed E-state index contributed by atoms with van der Waals surface area (Å²) in [6, 6.07) is 1.94. The summed E-state index contributed by atoms with van der Waals surface area (Å²) in [5.74, 6) is 1.26. The molecule has 1 aromatic carbocycles. The minimum absolute atomic E-state index is 0.0612. The molecule has 0 spiro atoms. The zero-order chi connectivity index (χ0) is 15.6. The first-order valence-corrected chi connectivity index (χ1v) is 7.86. The number of aryl methyl sites for hydroxylation is 1. The summed E-state index contributed by atoms with van der Waals surface area (Å²) in [6.07, 6.45) is 0.0612. The van der Waals surface area contributed by atoms with Gasteiger partial charge in [-0.3, -0.25) is 4.90 Å². The lowest BCUT2D eigenvalue weighted by Crippen LogP contribution is -2.50. The maximum Gasteiger partial charge on any atom is 0.149 e. The van der Waals surface area contributed by atoms with Crippen LogP contribution in [0, 0.1) is 20.8 Å². The molecule has 1 fully saturated rings. The Hall–Kier alpha value is -1.26. The van der Waals surface area contributed by atoms with E-state index in [1.807, 2.05) is 26.8 Å². The number of hydrogen-bond acceptors (Lipinski definition) is 4. The SMILES string of the molecule is CCN1CCN(C(C)Oc2cc(C)c(O)c(C)c2C)CC1. The van der Waals surface area contributed by atoms with Gasteiger partial charge in [0.2, 0.25) is 0 Å². The first-order valence-electron chi connectivity index (χ1n) is 7.86. The van der Waals surface area contributed by atoms with Crippen molar-refractivity contribution in [3.63, 3.8) is 0 Å². The standard InChI is InChI=1S/C17H28N2O2/c1-6-18-7-9-19(10-8-18)15(5)21-16-11-12(2)17(20)14(4)13(16)3/h11,15,20H,6-10H2,1-5H3. The van der Waals surface area contributed by atoms with Crippen LogP contribution in [0.3, 0.4) is 0 Å². The largest absolute Gasteiger partial charge is 0.507 e. The lowest BCUT2D eigenvalue weighted by Gasteiger charge is -2.37. The Morgan fingerprint density at radius 1 is 1.14 bits per heavy atom. The van der Waals surface area contributed by atoms with Crippen molar-refractivity contribution >= 4 is 0 Å². The average Bonchev–Trinajstić information content (AvgIpc) is 2.50. The Morgan fingerprint density at radius 3 is 2.33 bits per heavy atom. The number of phenolic OH excluding ortho intramolecular Hbond substituents is 1. The van der Waals surface area contributed by atoms with Crippen LogP contribution in [0.5, 0.6) is 11.5 Å². The van der Waals surface area contributed by atoms with E-state index in [9.17, 15) is 5.11 Å². The first kappa shape index (κ1) is 16.1. The highest BCUT2D eigenvalue weighted by atomic mass is 16.5. The van der Waals surface area contributed by atoms with Gasteiger partial charge in [0, 0.05) is 26.2 Å². The molecule has 0 amide bonds. The van der Waals surface area contributed by atoms with Crippen LogP contribution in [0.25, 0.3) is 0 Å². The highest BCUT2D eigenvalue weighted by Gasteiger charge is 2.22. The maximum atomic E-state index is 9.98. The fourth-order valence-electron chi connectivity index (χ4n) is 2.86. The predicted molar refractivity (Wildman–Crippen MR) is 86.1 cm³/mol. The van der Waals surface area contributed by atoms with Crippen molar-refractivity contribution in [2.75, 3.05) is 32.7 Å². The van der Waals surface area contributed by atoms with Gasteiger partial charge in [0.25, 0.3) is 0 Å². The number of hydrogen-bond donors (Lipinski definition) is 1. The van der Waals surface area contributed by atoms with E-state index in [1.54, 1.807) is 0 Å². The molecular formula is C17H28N2O2. The lowest BCUT2D eigenvalue weighted by atomic mass is 10.0. The molecule has 1 aliphatic heterocycles. The van der Waals surface area contributed by atoms with Gasteiger partial charge in [-0.25, -0.2) is 0 Å². The van der Waals surface area contributed by atoms with Crippen molar-refractivity contribution in [2.45, 2.75) is 40.8 Å². The van der Waals surface area contributed by atoms with Crippen LogP contribution < -0.4 is 4.74 Å². The Balaban J connectivity index is 2.05. The molecule has 4 heteroatoms. The molecule has 2 rings (SSSR count). The highest BCUT2D eigenvalue weighted by Crippen LogP contribution is 2.32. The number of benzene rings is 1. The summed E-state index contributed by atoms with van der Waals surface area (Å²) >= 11 is 0. The van der Waals surface area contributed by atoms with Crippen molar-refractivity contribution in [2.24, 2.45) is 0 Å². The van der Waals surface area contributed by atoms with Gasteiger partial charge in [-0.1, -0.05) is 6.92 Å². The quantitative estimate of drug-likeness (QED) is 0.925. The van der Waals surface area contributed by atoms with Gasteiger partial charge in [-0.2, -0.15) is 0 Å². The first-order chi connectivity index (χ1) is 9.93. The molecule has 1 N–H and O–H groups in total. The third-order valence-corrected chi connectivity index (χ3v) is 4.67. The van der Waals surface area contributed by atoms with Gasteiger partial charge in [0.05, 0.1) is 0 Å². The molecule has 118 valence electrons. The third kappa shape index (κ3) is 3.50. The monoisotopic (exact) mass is 292 g/mol. The number of ether oxygens (including phenoxy) is 1. The van der Waals surface area contributed by atoms with E-state index < -0.39 is 0 Å². The van der Waals surface area contributed by atoms with Crippen molar-refractivity contribution in [1.29, 1.82) is 0 Å². The maximum absolute atomic E-state index is 9.98. The number of likely N-dealkylation sites (N-methyl/N-ethyl adjacent to an activating group) is 1. The minimum Gasteiger partial charge on any atom is -0.507 e. The zero-order valence-electron chi connectivity index (χ0n) is 13.9. The fourth-order valence-corrected chi connectivity index (χ4v) is 2.86. The van der Waals surface area contributed by atoms with Crippen LogP contribution in [-0.4, -0.2) is 53.9 Å². The van der Waals surface area contributed by atoms with E-state index in [0.29, 0.717) is 5.75 Å². The third-order valence-electron chi connectivity index (χ3n) is 4.67. The topological polar surface area (TPSA) is 35.9 Å². The van der Waals surface area contributed by atoms with Gasteiger partial charge in [-0.15, -0.1) is 0 Å². The summed E-state index contributed by atoms with van der Waals surface area (Å²) < 4.78 is 6.17. The Kier molecular flexibility index (Phi) is 5.12. The van der Waals surface area contributed by atoms with Gasteiger partial charge in [0.1, 0.15) is 17.7 Å². The van der Waals surface area contributed by atoms with Crippen LogP contribution in [0.15, 0.2) is 6.07 Å². The van der Waals surface area contributed by atoms with Crippen LogP contribution in [-0.2, 0) is 0 Å². The summed E-state index contributed by atoms with van der Waals surface area (Å²) in [5.41, 5.74) is 2.81. The molecule has 0 aliphatic carbocycles. The van der Waals surface area contributed by atoms with Crippen LogP contribution in [0.1, 0.15) is 30.5 Å². The molecule has 21 heavy (non-hydrogen) atoms. The summed E-state index contributed by atoms with van der Waals surface area (Å²) in [6.45, 7) is 15.6. The summed E-state index contributed by atoms with van der Waals surface area (Å²) in [4.78, 5) is 4.84. The Bertz CT molecular complexity index is 494. The van der Waals surface area contributed by atoms with E-state index >= 15 is 0 Å². The van der Waals surface area contributed by atoms with E-state index in [0.717, 1.165) is 55.2 Å². The summed E-state index contributed by atoms with van der Waals surface area (Å²) in [7, 11) is 0. The van der Waals surface area contributed by atoms with Gasteiger partial charge >= 0.3 is 0 Å². The van der Waals surface area contributed by atoms with Crippen LogP contribution >= 0.6 is 0 Å². The van der Waals surface area contributed by atoms with Crippen molar-refractivity contribution in [1.82, 2.24) is 9.80 Å². The second-order valence-corrected chi connectivity index (χ2v) is 5.98. The molecule has 1 aliphatic rings. The molecule has 1 saturated heterocycles. The molecule has 1 aromatic rings. The Labute approximate surface area is 128 Å². The second-order valence-electron chi connectivity index (χ2n) is 5.98. The molecular weight excluding hydrogens is 264 g/mol. The number of piperazine rings is 1. The van der Waals surface area contributed by atoms with Crippen LogP contribution in [0.2, 0.25) is 0 Å². The van der Waals surface area contributed by atoms with Gasteiger partial charge in [0.15, 0.2) is 0 Å². The Morgan fingerprint density at radius 2 is 1.76 bits per heavy atom. The zero-order valence-corrected chi connectivity index (χ0v) is 13.9. The highest BCUT2D eigenvalue weighted by molar-refractivity contribution is 5.51. The predicted octanol–water partition coefficient (Wildman–Crippen LogP) is 2.68. The molecule has 0 radical (unpaired) electrons. The fraction of sp³-hybridized carbons (Fsp3) is 0.647. The van der Waals surface area contributed by atoms with E-state index in [-0.39, 0.29) is 6.23 Å². The molecule has 0 aromatic heterocycles. The molecule has 4 nitrogen and oxygen atoms in total. The molecule has 1 atom stereocenters. The van der Waals surface area contributed by atoms with E-state index in [2.05, 4.69) is 23.6 Å². The van der Waals surface area contributed by atoms with Crippen molar-refractivity contribution < 1.29 is 9.84 Å². The molecule has 0 bridgehead atoms. The molecule has 0 saturated carbocycles. The van der Waals surface area contributed by atoms with Crippen molar-refractivity contribution in [3.05, 3.63) is 22.8 Å². The lowest BCUT2D eigenvalue weighted by molar-refractivity contribution is 0.00441. The molecule has 1 unspecified atom stereocenters.